The normalized spacial score (nSPS) is 8.75. The number of hydrogen-bond acceptors (Lipinski definition) is 2. The molecule has 0 aliphatic heterocycles. The summed E-state index contributed by atoms with van der Waals surface area (Å²) in [7, 11) is 0. The van der Waals surface area contributed by atoms with E-state index in [1.54, 1.807) is 0 Å². The van der Waals surface area contributed by atoms with Crippen LogP contribution in [0.15, 0.2) is 42.3 Å². The zero-order valence-corrected chi connectivity index (χ0v) is 7.09. The lowest BCUT2D eigenvalue weighted by molar-refractivity contribution is 1.39. The number of allylic oxidation sites excluding steroid dienone is 1. The molecule has 0 unspecified atom stereocenters. The topological polar surface area (TPSA) is 38.0 Å². The van der Waals surface area contributed by atoms with Gasteiger partial charge in [0, 0.05) is 11.4 Å². The Kier molecular flexibility index (Phi) is 2.57. The van der Waals surface area contributed by atoms with Crippen LogP contribution < -0.4 is 11.1 Å². The van der Waals surface area contributed by atoms with Crippen molar-refractivity contribution in [3.8, 4) is 0 Å². The van der Waals surface area contributed by atoms with Crippen LogP contribution in [0.5, 0.6) is 0 Å². The summed E-state index contributed by atoms with van der Waals surface area (Å²) >= 11 is 0. The predicted octanol–water partition coefficient (Wildman–Crippen LogP) is 2.37. The van der Waals surface area contributed by atoms with Crippen LogP contribution in [0, 0.1) is 0 Å². The van der Waals surface area contributed by atoms with E-state index in [1.807, 2.05) is 31.2 Å². The average molecular weight is 160 g/mol. The second-order valence-electron chi connectivity index (χ2n) is 2.55. The molecule has 62 valence electrons. The summed E-state index contributed by atoms with van der Waals surface area (Å²) in [4.78, 5) is 0. The fourth-order valence-electron chi connectivity index (χ4n) is 0.877. The van der Waals surface area contributed by atoms with Crippen LogP contribution in [-0.4, -0.2) is 0 Å². The van der Waals surface area contributed by atoms with Gasteiger partial charge in [-0.1, -0.05) is 12.6 Å². The van der Waals surface area contributed by atoms with Gasteiger partial charge in [-0.05, 0) is 25.1 Å². The molecule has 0 heterocycles. The molecule has 12 heavy (non-hydrogen) atoms. The minimum Gasteiger partial charge on any atom is -0.399 e. The van der Waals surface area contributed by atoms with E-state index in [0.29, 0.717) is 0 Å². The Labute approximate surface area is 72.4 Å². The van der Waals surface area contributed by atoms with Gasteiger partial charge in [-0.15, -0.1) is 5.73 Å². The third-order valence-corrected chi connectivity index (χ3v) is 1.48. The molecule has 0 spiro atoms. The smallest absolute Gasteiger partial charge is 0.0544 e. The molecule has 1 rings (SSSR count). The van der Waals surface area contributed by atoms with E-state index >= 15 is 0 Å². The van der Waals surface area contributed by atoms with E-state index in [-0.39, 0.29) is 0 Å². The summed E-state index contributed by atoms with van der Waals surface area (Å²) in [6.07, 6.45) is 0. The number of nitrogen functional groups attached to an aromatic ring is 1. The predicted molar refractivity (Wildman–Crippen MR) is 52.8 cm³/mol. The van der Waals surface area contributed by atoms with Crippen molar-refractivity contribution < 1.29 is 0 Å². The van der Waals surface area contributed by atoms with E-state index < -0.39 is 0 Å². The van der Waals surface area contributed by atoms with Crippen LogP contribution in [-0.2, 0) is 0 Å². The zero-order chi connectivity index (χ0) is 8.97. The van der Waals surface area contributed by atoms with Gasteiger partial charge >= 0.3 is 0 Å². The number of hydrogen-bond donors (Lipinski definition) is 2. The molecular formula is C10H12N2. The summed E-state index contributed by atoms with van der Waals surface area (Å²) in [5.41, 5.74) is 10.9. The summed E-state index contributed by atoms with van der Waals surface area (Å²) < 4.78 is 0. The van der Waals surface area contributed by atoms with Gasteiger partial charge in [0.2, 0.25) is 0 Å². The third kappa shape index (κ3) is 2.19. The highest BCUT2D eigenvalue weighted by Gasteiger charge is 1.91. The minimum absolute atomic E-state index is 0.747. The zero-order valence-electron chi connectivity index (χ0n) is 7.09. The molecule has 2 heteroatoms. The molecule has 0 atom stereocenters. The van der Waals surface area contributed by atoms with E-state index in [1.165, 1.54) is 0 Å². The van der Waals surface area contributed by atoms with Crippen molar-refractivity contribution in [3.63, 3.8) is 0 Å². The van der Waals surface area contributed by atoms with Crippen LogP contribution in [0.2, 0.25) is 0 Å². The number of rotatable bonds is 2. The van der Waals surface area contributed by atoms with Gasteiger partial charge in [-0.2, -0.15) is 0 Å². The van der Waals surface area contributed by atoms with Gasteiger partial charge in [-0.25, -0.2) is 0 Å². The standard InChI is InChI=1S/C10H12N2/c1-3-8(2)12-10-6-4-5-9(11)7-10/h4-7,12H,1,11H2,2H3. The van der Waals surface area contributed by atoms with Gasteiger partial charge in [0.05, 0.1) is 5.70 Å². The Balaban J connectivity index is 2.83. The van der Waals surface area contributed by atoms with Gasteiger partial charge in [0.25, 0.3) is 0 Å². The van der Waals surface area contributed by atoms with Crippen molar-refractivity contribution in [2.75, 3.05) is 11.1 Å². The second-order valence-corrected chi connectivity index (χ2v) is 2.55. The maximum absolute atomic E-state index is 5.59. The summed E-state index contributed by atoms with van der Waals surface area (Å²) in [6, 6.07) is 7.55. The lowest BCUT2D eigenvalue weighted by Crippen LogP contribution is -1.94. The van der Waals surface area contributed by atoms with Crippen molar-refractivity contribution in [2.45, 2.75) is 6.92 Å². The number of nitrogens with two attached hydrogens (primary N) is 1. The fourth-order valence-corrected chi connectivity index (χ4v) is 0.877. The highest BCUT2D eigenvalue weighted by atomic mass is 14.9. The number of anilines is 2. The van der Waals surface area contributed by atoms with Crippen LogP contribution in [0.3, 0.4) is 0 Å². The molecule has 0 saturated heterocycles. The average Bonchev–Trinajstić information content (AvgIpc) is 2.04. The van der Waals surface area contributed by atoms with Crippen molar-refractivity contribution in [3.05, 3.63) is 42.3 Å². The van der Waals surface area contributed by atoms with E-state index in [4.69, 9.17) is 5.73 Å². The molecule has 0 fully saturated rings. The summed E-state index contributed by atoms with van der Waals surface area (Å²) in [6.45, 7) is 5.42. The lowest BCUT2D eigenvalue weighted by Gasteiger charge is -2.04. The molecule has 1 aromatic carbocycles. The first-order valence-corrected chi connectivity index (χ1v) is 3.71. The fraction of sp³-hybridized carbons (Fsp3) is 0.100. The molecular weight excluding hydrogens is 148 g/mol. The monoisotopic (exact) mass is 160 g/mol. The minimum atomic E-state index is 0.747. The third-order valence-electron chi connectivity index (χ3n) is 1.48. The first-order valence-electron chi connectivity index (χ1n) is 3.71. The summed E-state index contributed by atoms with van der Waals surface area (Å²) in [5.74, 6) is 0. The Bertz CT molecular complexity index is 322. The van der Waals surface area contributed by atoms with E-state index in [2.05, 4.69) is 17.6 Å². The highest BCUT2D eigenvalue weighted by Crippen LogP contribution is 2.13. The largest absolute Gasteiger partial charge is 0.399 e. The molecule has 0 aliphatic carbocycles. The Hall–Kier alpha value is -1.66. The van der Waals surface area contributed by atoms with Crippen molar-refractivity contribution >= 4 is 11.4 Å². The maximum Gasteiger partial charge on any atom is 0.0544 e. The molecule has 0 aromatic heterocycles. The van der Waals surface area contributed by atoms with Crippen LogP contribution in [0.4, 0.5) is 11.4 Å². The Morgan fingerprint density at radius 3 is 2.92 bits per heavy atom. The molecule has 2 nitrogen and oxygen atoms in total. The number of nitrogens with one attached hydrogen (secondary N) is 1. The molecule has 0 radical (unpaired) electrons. The first-order chi connectivity index (χ1) is 5.72. The lowest BCUT2D eigenvalue weighted by atomic mass is 10.3. The van der Waals surface area contributed by atoms with Crippen LogP contribution in [0.25, 0.3) is 0 Å². The summed E-state index contributed by atoms with van der Waals surface area (Å²) in [5, 5.41) is 3.10. The molecule has 0 amide bonds. The second kappa shape index (κ2) is 3.65. The molecule has 0 bridgehead atoms. The van der Waals surface area contributed by atoms with Crippen molar-refractivity contribution in [2.24, 2.45) is 0 Å². The van der Waals surface area contributed by atoms with Crippen molar-refractivity contribution in [1.29, 1.82) is 0 Å². The van der Waals surface area contributed by atoms with Gasteiger partial charge in [0.1, 0.15) is 0 Å². The van der Waals surface area contributed by atoms with Gasteiger partial charge in [0.15, 0.2) is 0 Å². The molecule has 3 N–H and O–H groups in total. The van der Waals surface area contributed by atoms with Gasteiger partial charge in [-0.3, -0.25) is 0 Å². The van der Waals surface area contributed by atoms with E-state index in [0.717, 1.165) is 17.1 Å². The SMILES string of the molecule is C=C=C(C)Nc1cccc(N)c1. The maximum atomic E-state index is 5.59. The molecule has 1 aromatic rings. The van der Waals surface area contributed by atoms with E-state index in [9.17, 15) is 0 Å². The molecule has 0 aliphatic rings. The van der Waals surface area contributed by atoms with Gasteiger partial charge < -0.3 is 11.1 Å². The molecule has 0 saturated carbocycles. The Morgan fingerprint density at radius 1 is 1.58 bits per heavy atom. The first kappa shape index (κ1) is 8.44. The van der Waals surface area contributed by atoms with Crippen molar-refractivity contribution in [1.82, 2.24) is 0 Å². The quantitative estimate of drug-likeness (QED) is 0.515. The van der Waals surface area contributed by atoms with Crippen LogP contribution >= 0.6 is 0 Å². The van der Waals surface area contributed by atoms with Crippen LogP contribution in [0.1, 0.15) is 6.92 Å². The number of benzene rings is 1. The highest BCUT2D eigenvalue weighted by molar-refractivity contribution is 5.56. The Morgan fingerprint density at radius 2 is 2.33 bits per heavy atom.